The number of rotatable bonds is 2. The van der Waals surface area contributed by atoms with Crippen LogP contribution >= 0.6 is 7.82 Å². The average Bonchev–Trinajstić information content (AvgIpc) is 2.26. The van der Waals surface area contributed by atoms with E-state index in [0.29, 0.717) is 0 Å². The van der Waals surface area contributed by atoms with E-state index in [1.807, 2.05) is 5.32 Å². The highest BCUT2D eigenvalue weighted by atomic mass is 31.2. The Labute approximate surface area is 112 Å². The molecule has 0 aliphatic rings. The molecular weight excluding hydrogens is 302 g/mol. The highest BCUT2D eigenvalue weighted by Gasteiger charge is 2.36. The molecule has 1 aromatic rings. The van der Waals surface area contributed by atoms with Gasteiger partial charge in [0.1, 0.15) is 6.04 Å². The van der Waals surface area contributed by atoms with Crippen molar-refractivity contribution in [3.8, 4) is 0 Å². The van der Waals surface area contributed by atoms with E-state index < -0.39 is 25.9 Å². The molecule has 1 atom stereocenters. The van der Waals surface area contributed by atoms with Gasteiger partial charge in [-0.3, -0.25) is 4.79 Å². The summed E-state index contributed by atoms with van der Waals surface area (Å²) in [6.45, 7) is 0.904. The van der Waals surface area contributed by atoms with Crippen molar-refractivity contribution >= 4 is 13.7 Å². The van der Waals surface area contributed by atoms with E-state index in [2.05, 4.69) is 0 Å². The summed E-state index contributed by atoms with van der Waals surface area (Å²) in [5.74, 6) is -0.722. The van der Waals surface area contributed by atoms with E-state index in [4.69, 9.17) is 19.2 Å². The second-order valence-electron chi connectivity index (χ2n) is 3.62. The maximum atomic E-state index is 12.1. The Bertz CT molecular complexity index is 465. The van der Waals surface area contributed by atoms with Crippen LogP contribution in [0.4, 0.5) is 13.2 Å². The first-order valence-electron chi connectivity index (χ1n) is 5.12. The Morgan fingerprint density at radius 1 is 1.20 bits per heavy atom. The molecule has 0 saturated heterocycles. The van der Waals surface area contributed by atoms with Gasteiger partial charge in [-0.15, -0.1) is 0 Å². The lowest BCUT2D eigenvalue weighted by Gasteiger charge is -2.16. The summed E-state index contributed by atoms with van der Waals surface area (Å²) in [6, 6.07) is 5.94. The molecule has 1 amide bonds. The lowest BCUT2D eigenvalue weighted by Crippen LogP contribution is -2.43. The van der Waals surface area contributed by atoms with E-state index in [-0.39, 0.29) is 5.56 Å². The van der Waals surface area contributed by atoms with Gasteiger partial charge < -0.3 is 20.0 Å². The molecule has 0 spiro atoms. The molecule has 20 heavy (non-hydrogen) atoms. The van der Waals surface area contributed by atoms with Gasteiger partial charge in [0.2, 0.25) is 0 Å². The predicted molar refractivity (Wildman–Crippen MR) is 63.7 cm³/mol. The quantitative estimate of drug-likeness (QED) is 0.618. The summed E-state index contributed by atoms with van der Waals surface area (Å²) in [5.41, 5.74) is 0.216. The van der Waals surface area contributed by atoms with Crippen molar-refractivity contribution in [1.82, 2.24) is 5.32 Å². The van der Waals surface area contributed by atoms with Gasteiger partial charge >= 0.3 is 14.0 Å². The Balaban J connectivity index is 0.000000621. The normalized spacial score (nSPS) is 12.9. The van der Waals surface area contributed by atoms with Crippen LogP contribution in [-0.2, 0) is 4.57 Å². The number of hydrogen-bond acceptors (Lipinski definition) is 2. The van der Waals surface area contributed by atoms with Gasteiger partial charge in [-0.25, -0.2) is 4.57 Å². The number of alkyl halides is 3. The monoisotopic (exact) mass is 315 g/mol. The first kappa shape index (κ1) is 18.6. The second kappa shape index (κ2) is 7.39. The number of carbonyl (C=O) groups excluding carboxylic acids is 1. The lowest BCUT2D eigenvalue weighted by molar-refractivity contribution is -0.149. The first-order valence-corrected chi connectivity index (χ1v) is 6.68. The molecule has 6 nitrogen and oxygen atoms in total. The van der Waals surface area contributed by atoms with Gasteiger partial charge in [0.05, 0.1) is 0 Å². The van der Waals surface area contributed by atoms with Gasteiger partial charge in [0, 0.05) is 5.56 Å². The number of amides is 1. The van der Waals surface area contributed by atoms with Crippen LogP contribution in [0, 0.1) is 0 Å². The fourth-order valence-corrected chi connectivity index (χ4v) is 0.951. The molecule has 0 bridgehead atoms. The second-order valence-corrected chi connectivity index (χ2v) is 4.64. The third-order valence-corrected chi connectivity index (χ3v) is 1.87. The molecule has 0 aliphatic carbocycles. The van der Waals surface area contributed by atoms with Crippen LogP contribution in [-0.4, -0.2) is 32.8 Å². The van der Waals surface area contributed by atoms with E-state index in [1.165, 1.54) is 12.1 Å². The van der Waals surface area contributed by atoms with Gasteiger partial charge in [-0.05, 0) is 19.1 Å². The molecule has 1 aromatic carbocycles. The Kier molecular flexibility index (Phi) is 6.87. The molecular formula is C10H13F3NO5P. The molecule has 0 aromatic heterocycles. The van der Waals surface area contributed by atoms with Crippen LogP contribution in [0.15, 0.2) is 30.3 Å². The van der Waals surface area contributed by atoms with E-state index >= 15 is 0 Å². The third kappa shape index (κ3) is 9.51. The number of hydrogen-bond donors (Lipinski definition) is 4. The van der Waals surface area contributed by atoms with Crippen molar-refractivity contribution in [3.63, 3.8) is 0 Å². The minimum atomic E-state index is -4.64. The summed E-state index contributed by atoms with van der Waals surface area (Å²) >= 11 is 0. The number of nitrogens with one attached hydrogen (secondary N) is 1. The van der Waals surface area contributed by atoms with Gasteiger partial charge in [0.15, 0.2) is 0 Å². The fraction of sp³-hybridized carbons (Fsp3) is 0.300. The molecule has 0 fully saturated rings. The number of carbonyl (C=O) groups is 1. The zero-order valence-corrected chi connectivity index (χ0v) is 11.1. The summed E-state index contributed by atoms with van der Waals surface area (Å²) < 4.78 is 45.2. The summed E-state index contributed by atoms with van der Waals surface area (Å²) in [7, 11) is -4.64. The van der Waals surface area contributed by atoms with Crippen LogP contribution in [0.25, 0.3) is 0 Å². The van der Waals surface area contributed by atoms with Crippen molar-refractivity contribution in [2.45, 2.75) is 19.1 Å². The van der Waals surface area contributed by atoms with Crippen LogP contribution in [0.3, 0.4) is 0 Å². The zero-order chi connectivity index (χ0) is 16.0. The molecule has 114 valence electrons. The van der Waals surface area contributed by atoms with Crippen LogP contribution < -0.4 is 5.32 Å². The van der Waals surface area contributed by atoms with Gasteiger partial charge in [0.25, 0.3) is 5.91 Å². The molecule has 0 radical (unpaired) electrons. The molecule has 0 saturated carbocycles. The molecule has 0 unspecified atom stereocenters. The smallest absolute Gasteiger partial charge is 0.341 e. The van der Waals surface area contributed by atoms with E-state index in [9.17, 15) is 18.0 Å². The standard InChI is InChI=1S/C10H10F3NO.H3O4P/c1-7(10(11,12)13)14-9(15)8-5-3-2-4-6-8;1-5(2,3)4/h2-7H,1H3,(H,14,15);(H3,1,2,3,4)/t7-;/m0./s1. The Morgan fingerprint density at radius 2 is 1.60 bits per heavy atom. The average molecular weight is 315 g/mol. The van der Waals surface area contributed by atoms with E-state index in [1.54, 1.807) is 18.2 Å². The topological polar surface area (TPSA) is 107 Å². The third-order valence-electron chi connectivity index (χ3n) is 1.87. The lowest BCUT2D eigenvalue weighted by atomic mass is 10.2. The van der Waals surface area contributed by atoms with Gasteiger partial charge in [-0.1, -0.05) is 18.2 Å². The summed E-state index contributed by atoms with van der Waals surface area (Å²) in [4.78, 5) is 32.9. The fourth-order valence-electron chi connectivity index (χ4n) is 0.951. The van der Waals surface area contributed by atoms with Crippen molar-refractivity contribution < 1.29 is 37.2 Å². The van der Waals surface area contributed by atoms with Crippen molar-refractivity contribution in [3.05, 3.63) is 35.9 Å². The van der Waals surface area contributed by atoms with Crippen LogP contribution in [0.5, 0.6) is 0 Å². The van der Waals surface area contributed by atoms with Gasteiger partial charge in [-0.2, -0.15) is 13.2 Å². The molecule has 1 rings (SSSR count). The number of benzene rings is 1. The minimum absolute atomic E-state index is 0.216. The highest BCUT2D eigenvalue weighted by Crippen LogP contribution is 2.25. The van der Waals surface area contributed by atoms with Crippen LogP contribution in [0.1, 0.15) is 17.3 Å². The summed E-state index contributed by atoms with van der Waals surface area (Å²) in [5, 5.41) is 1.87. The highest BCUT2D eigenvalue weighted by molar-refractivity contribution is 7.45. The molecule has 10 heteroatoms. The van der Waals surface area contributed by atoms with Crippen LogP contribution in [0.2, 0.25) is 0 Å². The first-order chi connectivity index (χ1) is 8.91. The minimum Gasteiger partial charge on any atom is -0.341 e. The number of halogens is 3. The maximum absolute atomic E-state index is 12.1. The van der Waals surface area contributed by atoms with E-state index in [0.717, 1.165) is 6.92 Å². The zero-order valence-electron chi connectivity index (χ0n) is 10.2. The maximum Gasteiger partial charge on any atom is 0.466 e. The van der Waals surface area contributed by atoms with Crippen molar-refractivity contribution in [1.29, 1.82) is 0 Å². The predicted octanol–water partition coefficient (Wildman–Crippen LogP) is 1.44. The van der Waals surface area contributed by atoms with Crippen molar-refractivity contribution in [2.24, 2.45) is 0 Å². The molecule has 4 N–H and O–H groups in total. The summed E-state index contributed by atoms with van der Waals surface area (Å²) in [6.07, 6.45) is -4.41. The van der Waals surface area contributed by atoms with Crippen molar-refractivity contribution in [2.75, 3.05) is 0 Å². The Hall–Kier alpha value is -1.41. The largest absolute Gasteiger partial charge is 0.466 e. The SMILES string of the molecule is C[C@H](NC(=O)c1ccccc1)C(F)(F)F.O=P(O)(O)O. The Morgan fingerprint density at radius 3 is 1.95 bits per heavy atom. The molecule has 0 aliphatic heterocycles. The molecule has 0 heterocycles. The number of phosphoric acid groups is 1.